The largest absolute Gasteiger partial charge is 0.508 e. The maximum atomic E-state index is 11.2. The number of hydrogen-bond acceptors (Lipinski definition) is 3. The van der Waals surface area contributed by atoms with E-state index in [1.165, 1.54) is 0 Å². The van der Waals surface area contributed by atoms with E-state index in [0.29, 0.717) is 0 Å². The van der Waals surface area contributed by atoms with Crippen LogP contribution in [0.2, 0.25) is 0 Å². The number of rotatable bonds is 7. The molecule has 1 N–H and O–H groups in total. The average Bonchev–Trinajstić information content (AvgIpc) is 3.18. The Kier molecular flexibility index (Phi) is 8.07. The van der Waals surface area contributed by atoms with Gasteiger partial charge in [-0.1, -0.05) is 140 Å². The Hall–Kier alpha value is -6.58. The topological polar surface area (TPSA) is 46.0 Å². The van der Waals surface area contributed by atoms with E-state index < -0.39 is 0 Å². The van der Waals surface area contributed by atoms with Gasteiger partial charge in [0.15, 0.2) is 0 Å². The van der Waals surface area contributed by atoms with E-state index >= 15 is 0 Å². The van der Waals surface area contributed by atoms with E-state index in [1.807, 2.05) is 79.1 Å². The van der Waals surface area contributed by atoms with Crippen molar-refractivity contribution >= 4 is 0 Å². The van der Waals surface area contributed by atoms with Gasteiger partial charge in [0.2, 0.25) is 0 Å². The van der Waals surface area contributed by atoms with E-state index in [1.54, 1.807) is 0 Å². The summed E-state index contributed by atoms with van der Waals surface area (Å²) in [6, 6.07) is 60.0. The fourth-order valence-corrected chi connectivity index (χ4v) is 6.53. The predicted molar refractivity (Wildman–Crippen MR) is 202 cm³/mol. The normalized spacial score (nSPS) is 10.9. The predicted octanol–water partition coefficient (Wildman–Crippen LogP) is 11.9. The quantitative estimate of drug-likeness (QED) is 0.191. The first-order valence-corrected chi connectivity index (χ1v) is 16.4. The highest BCUT2D eigenvalue weighted by molar-refractivity contribution is 5.94. The Morgan fingerprint density at radius 3 is 1.43 bits per heavy atom. The van der Waals surface area contributed by atoms with Gasteiger partial charge in [0.1, 0.15) is 5.75 Å². The second kappa shape index (κ2) is 13.3. The lowest BCUT2D eigenvalue weighted by molar-refractivity contribution is 0.476. The molecule has 0 bridgehead atoms. The van der Waals surface area contributed by atoms with E-state index in [0.717, 1.165) is 78.1 Å². The van der Waals surface area contributed by atoms with Gasteiger partial charge in [-0.3, -0.25) is 9.97 Å². The number of phenolic OH excluding ortho intramolecular Hbond substituents is 1. The first-order chi connectivity index (χ1) is 24.2. The average molecular weight is 629 g/mol. The number of nitrogens with zero attached hydrogens (tertiary/aromatic N) is 2. The van der Waals surface area contributed by atoms with Crippen molar-refractivity contribution in [3.8, 4) is 83.9 Å². The number of pyridine rings is 2. The SMILES string of the molecule is Oc1cc(-c2ccccc2-c2ccc(-c3ccccn3)cc2)cc(-c2ccccc2-c2cnc(-c3ccccc3)cc2-c2ccccc2)c1. The maximum Gasteiger partial charge on any atom is 0.116 e. The molecule has 49 heavy (non-hydrogen) atoms. The molecule has 3 heteroatoms. The van der Waals surface area contributed by atoms with Crippen LogP contribution in [0.1, 0.15) is 0 Å². The number of benzene rings is 6. The van der Waals surface area contributed by atoms with Gasteiger partial charge in [-0.15, -0.1) is 0 Å². The number of hydrogen-bond donors (Lipinski definition) is 1. The fourth-order valence-electron chi connectivity index (χ4n) is 6.53. The minimum absolute atomic E-state index is 0.212. The van der Waals surface area contributed by atoms with E-state index in [2.05, 4.69) is 114 Å². The van der Waals surface area contributed by atoms with Crippen LogP contribution in [0.25, 0.3) is 78.1 Å². The molecular weight excluding hydrogens is 597 g/mol. The van der Waals surface area contributed by atoms with Crippen LogP contribution in [0.4, 0.5) is 0 Å². The molecule has 0 spiro atoms. The molecule has 0 unspecified atom stereocenters. The first kappa shape index (κ1) is 29.8. The lowest BCUT2D eigenvalue weighted by atomic mass is 9.88. The molecule has 0 aliphatic rings. The molecule has 0 aliphatic heterocycles. The van der Waals surface area contributed by atoms with Crippen molar-refractivity contribution in [3.63, 3.8) is 0 Å². The molecule has 2 aromatic heterocycles. The Labute approximate surface area is 286 Å². The van der Waals surface area contributed by atoms with Crippen LogP contribution in [0.3, 0.4) is 0 Å². The zero-order valence-corrected chi connectivity index (χ0v) is 26.7. The third-order valence-electron chi connectivity index (χ3n) is 8.90. The third-order valence-corrected chi connectivity index (χ3v) is 8.90. The molecule has 3 nitrogen and oxygen atoms in total. The summed E-state index contributed by atoms with van der Waals surface area (Å²) in [6.45, 7) is 0. The Morgan fingerprint density at radius 1 is 0.306 bits per heavy atom. The van der Waals surface area contributed by atoms with Crippen molar-refractivity contribution in [2.45, 2.75) is 0 Å². The zero-order chi connectivity index (χ0) is 33.0. The molecule has 0 amide bonds. The minimum Gasteiger partial charge on any atom is -0.508 e. The van der Waals surface area contributed by atoms with Crippen molar-refractivity contribution in [2.24, 2.45) is 0 Å². The Morgan fingerprint density at radius 2 is 0.796 bits per heavy atom. The van der Waals surface area contributed by atoms with Crippen LogP contribution >= 0.6 is 0 Å². The van der Waals surface area contributed by atoms with Crippen LogP contribution in [0.5, 0.6) is 5.75 Å². The summed E-state index contributed by atoms with van der Waals surface area (Å²) in [6.07, 6.45) is 3.80. The summed E-state index contributed by atoms with van der Waals surface area (Å²) in [5.74, 6) is 0.212. The highest BCUT2D eigenvalue weighted by atomic mass is 16.3. The molecule has 0 saturated heterocycles. The molecule has 6 aromatic carbocycles. The van der Waals surface area contributed by atoms with Crippen LogP contribution in [0, 0.1) is 0 Å². The van der Waals surface area contributed by atoms with Crippen LogP contribution < -0.4 is 0 Å². The van der Waals surface area contributed by atoms with Crippen LogP contribution in [0.15, 0.2) is 188 Å². The lowest BCUT2D eigenvalue weighted by Crippen LogP contribution is -1.93. The smallest absolute Gasteiger partial charge is 0.116 e. The van der Waals surface area contributed by atoms with Crippen molar-refractivity contribution in [1.29, 1.82) is 0 Å². The third kappa shape index (κ3) is 6.14. The van der Waals surface area contributed by atoms with E-state index in [4.69, 9.17) is 4.98 Å². The van der Waals surface area contributed by atoms with Crippen LogP contribution in [-0.4, -0.2) is 15.1 Å². The molecule has 0 fully saturated rings. The van der Waals surface area contributed by atoms with Gasteiger partial charge in [0.25, 0.3) is 0 Å². The fraction of sp³-hybridized carbons (Fsp3) is 0. The van der Waals surface area contributed by atoms with Crippen molar-refractivity contribution < 1.29 is 5.11 Å². The van der Waals surface area contributed by atoms with Gasteiger partial charge in [0, 0.05) is 29.1 Å². The maximum absolute atomic E-state index is 11.2. The van der Waals surface area contributed by atoms with Gasteiger partial charge >= 0.3 is 0 Å². The summed E-state index contributed by atoms with van der Waals surface area (Å²) in [5, 5.41) is 11.2. The molecule has 2 heterocycles. The molecule has 0 aliphatic carbocycles. The second-order valence-corrected chi connectivity index (χ2v) is 12.0. The Balaban J connectivity index is 1.23. The van der Waals surface area contributed by atoms with E-state index in [9.17, 15) is 5.11 Å². The molecule has 232 valence electrons. The Bertz CT molecular complexity index is 2370. The molecule has 8 rings (SSSR count). The summed E-state index contributed by atoms with van der Waals surface area (Å²) >= 11 is 0. The molecular formula is C46H32N2O. The second-order valence-electron chi connectivity index (χ2n) is 12.0. The van der Waals surface area contributed by atoms with E-state index in [-0.39, 0.29) is 5.75 Å². The van der Waals surface area contributed by atoms with Gasteiger partial charge in [0.05, 0.1) is 11.4 Å². The lowest BCUT2D eigenvalue weighted by Gasteiger charge is -2.17. The van der Waals surface area contributed by atoms with Gasteiger partial charge in [-0.25, -0.2) is 0 Å². The number of phenols is 1. The highest BCUT2D eigenvalue weighted by Gasteiger charge is 2.17. The van der Waals surface area contributed by atoms with Crippen molar-refractivity contribution in [3.05, 3.63) is 188 Å². The summed E-state index contributed by atoms with van der Waals surface area (Å²) in [7, 11) is 0. The number of aromatic hydroxyl groups is 1. The molecule has 0 radical (unpaired) electrons. The zero-order valence-electron chi connectivity index (χ0n) is 26.7. The molecule has 8 aromatic rings. The summed E-state index contributed by atoms with van der Waals surface area (Å²) in [5.41, 5.74) is 14.4. The molecule has 0 saturated carbocycles. The molecule has 0 atom stereocenters. The number of aromatic nitrogens is 2. The monoisotopic (exact) mass is 628 g/mol. The van der Waals surface area contributed by atoms with Gasteiger partial charge in [-0.05, 0) is 86.5 Å². The minimum atomic E-state index is 0.212. The standard InChI is InChI=1S/C46H32N2O/c49-38-28-36(40-18-8-7-17-39(40)33-22-24-35(25-23-33)45-21-11-12-26-47-45)27-37(29-38)41-19-9-10-20-42(41)44-31-48-46(34-15-5-2-6-16-34)30-43(44)32-13-3-1-4-14-32/h1-31,49H. The highest BCUT2D eigenvalue weighted by Crippen LogP contribution is 2.42. The van der Waals surface area contributed by atoms with Crippen LogP contribution in [-0.2, 0) is 0 Å². The van der Waals surface area contributed by atoms with Crippen molar-refractivity contribution in [1.82, 2.24) is 9.97 Å². The van der Waals surface area contributed by atoms with Gasteiger partial charge < -0.3 is 5.11 Å². The summed E-state index contributed by atoms with van der Waals surface area (Å²) < 4.78 is 0. The summed E-state index contributed by atoms with van der Waals surface area (Å²) in [4.78, 5) is 9.45. The van der Waals surface area contributed by atoms with Crippen molar-refractivity contribution in [2.75, 3.05) is 0 Å². The first-order valence-electron chi connectivity index (χ1n) is 16.4. The van der Waals surface area contributed by atoms with Gasteiger partial charge in [-0.2, -0.15) is 0 Å².